The summed E-state index contributed by atoms with van der Waals surface area (Å²) in [6, 6.07) is 7.69. The second-order valence-corrected chi connectivity index (χ2v) is 7.73. The first-order valence-electron chi connectivity index (χ1n) is 8.31. The predicted octanol–water partition coefficient (Wildman–Crippen LogP) is 5.50. The summed E-state index contributed by atoms with van der Waals surface area (Å²) < 4.78 is 5.27. The molecule has 0 aliphatic rings. The number of hydrogen-bond acceptors (Lipinski definition) is 3. The number of hydrogen-bond donors (Lipinski definition) is 2. The van der Waals surface area contributed by atoms with Crippen LogP contribution in [0.15, 0.2) is 24.3 Å². The molecule has 2 rings (SSSR count). The molecule has 0 atom stereocenters. The van der Waals surface area contributed by atoms with Gasteiger partial charge in [-0.3, -0.25) is 0 Å². The molecule has 0 heterocycles. The molecule has 0 aliphatic carbocycles. The maximum Gasteiger partial charge on any atom is 0.165 e. The lowest BCUT2D eigenvalue weighted by atomic mass is 9.82. The molecule has 0 fully saturated rings. The smallest absolute Gasteiger partial charge is 0.165 e. The van der Waals surface area contributed by atoms with Crippen molar-refractivity contribution in [2.24, 2.45) is 0 Å². The lowest BCUT2D eigenvalue weighted by Crippen LogP contribution is -2.12. The number of ether oxygens (including phenoxy) is 1. The SMILES string of the molecule is COc1cc(C)cc(-c2cc(C(C)(C)C)cc(C(C)C)c2O)c1O. The summed E-state index contributed by atoms with van der Waals surface area (Å²) in [4.78, 5) is 0. The molecular formula is C21H28O3. The second kappa shape index (κ2) is 6.39. The van der Waals surface area contributed by atoms with Gasteiger partial charge in [0, 0.05) is 11.1 Å². The van der Waals surface area contributed by atoms with Crippen LogP contribution in [0.25, 0.3) is 11.1 Å². The lowest BCUT2D eigenvalue weighted by molar-refractivity contribution is 0.374. The number of benzene rings is 2. The summed E-state index contributed by atoms with van der Waals surface area (Å²) >= 11 is 0. The summed E-state index contributed by atoms with van der Waals surface area (Å²) in [6.07, 6.45) is 0. The van der Waals surface area contributed by atoms with Crippen LogP contribution in [-0.2, 0) is 5.41 Å². The van der Waals surface area contributed by atoms with E-state index in [1.807, 2.05) is 19.1 Å². The van der Waals surface area contributed by atoms with Crippen LogP contribution in [0.4, 0.5) is 0 Å². The first-order chi connectivity index (χ1) is 11.1. The first-order valence-corrected chi connectivity index (χ1v) is 8.31. The standard InChI is InChI=1S/C21H28O3/c1-12(2)15-10-14(21(4,5)6)11-17(19(15)22)16-8-13(3)9-18(24-7)20(16)23/h8-12,22-23H,1-7H3. The molecule has 3 nitrogen and oxygen atoms in total. The lowest BCUT2D eigenvalue weighted by Gasteiger charge is -2.24. The summed E-state index contributed by atoms with van der Waals surface area (Å²) in [5.74, 6) is 0.872. The van der Waals surface area contributed by atoms with Gasteiger partial charge in [-0.2, -0.15) is 0 Å². The van der Waals surface area contributed by atoms with Gasteiger partial charge < -0.3 is 14.9 Å². The Labute approximate surface area is 144 Å². The minimum Gasteiger partial charge on any atom is -0.507 e. The molecule has 0 spiro atoms. The van der Waals surface area contributed by atoms with Crippen LogP contribution in [0, 0.1) is 6.92 Å². The van der Waals surface area contributed by atoms with E-state index in [4.69, 9.17) is 4.74 Å². The Hall–Kier alpha value is -2.16. The van der Waals surface area contributed by atoms with Crippen molar-refractivity contribution in [3.63, 3.8) is 0 Å². The molecule has 24 heavy (non-hydrogen) atoms. The highest BCUT2D eigenvalue weighted by molar-refractivity contribution is 5.80. The Morgan fingerprint density at radius 1 is 0.917 bits per heavy atom. The van der Waals surface area contributed by atoms with Gasteiger partial charge in [-0.05, 0) is 53.1 Å². The van der Waals surface area contributed by atoms with Gasteiger partial charge in [0.25, 0.3) is 0 Å². The Morgan fingerprint density at radius 2 is 1.50 bits per heavy atom. The number of phenolic OH excluding ortho intramolecular Hbond substituents is 2. The number of aryl methyl sites for hydroxylation is 1. The Kier molecular flexibility index (Phi) is 4.84. The Morgan fingerprint density at radius 3 is 2.00 bits per heavy atom. The van der Waals surface area contributed by atoms with E-state index >= 15 is 0 Å². The maximum atomic E-state index is 10.8. The predicted molar refractivity (Wildman–Crippen MR) is 99.3 cm³/mol. The molecule has 0 radical (unpaired) electrons. The van der Waals surface area contributed by atoms with Gasteiger partial charge in [0.05, 0.1) is 7.11 Å². The van der Waals surface area contributed by atoms with Crippen LogP contribution in [0.5, 0.6) is 17.2 Å². The average molecular weight is 328 g/mol. The van der Waals surface area contributed by atoms with E-state index in [-0.39, 0.29) is 22.8 Å². The number of methoxy groups -OCH3 is 1. The zero-order valence-corrected chi connectivity index (χ0v) is 15.7. The van der Waals surface area contributed by atoms with Crippen LogP contribution in [-0.4, -0.2) is 17.3 Å². The van der Waals surface area contributed by atoms with E-state index < -0.39 is 0 Å². The van der Waals surface area contributed by atoms with Gasteiger partial charge in [-0.1, -0.05) is 40.7 Å². The van der Waals surface area contributed by atoms with Crippen molar-refractivity contribution in [2.45, 2.75) is 52.9 Å². The molecule has 0 unspecified atom stereocenters. The van der Waals surface area contributed by atoms with Crippen molar-refractivity contribution in [1.82, 2.24) is 0 Å². The highest BCUT2D eigenvalue weighted by Crippen LogP contribution is 2.45. The zero-order chi connectivity index (χ0) is 18.2. The van der Waals surface area contributed by atoms with Crippen molar-refractivity contribution in [3.8, 4) is 28.4 Å². The first kappa shape index (κ1) is 18.2. The molecule has 2 N–H and O–H groups in total. The molecule has 2 aromatic rings. The molecule has 0 saturated carbocycles. The second-order valence-electron chi connectivity index (χ2n) is 7.73. The Bertz CT molecular complexity index is 753. The zero-order valence-electron chi connectivity index (χ0n) is 15.7. The van der Waals surface area contributed by atoms with E-state index in [1.54, 1.807) is 6.07 Å². The summed E-state index contributed by atoms with van der Waals surface area (Å²) in [6.45, 7) is 12.5. The molecule has 0 aromatic heterocycles. The minimum atomic E-state index is -0.0599. The molecule has 0 saturated heterocycles. The molecule has 0 aliphatic heterocycles. The summed E-state index contributed by atoms with van der Waals surface area (Å²) in [5.41, 5.74) is 4.15. The van der Waals surface area contributed by atoms with Crippen LogP contribution >= 0.6 is 0 Å². The number of rotatable bonds is 3. The number of aromatic hydroxyl groups is 2. The quantitative estimate of drug-likeness (QED) is 0.782. The third-order valence-corrected chi connectivity index (χ3v) is 4.36. The van der Waals surface area contributed by atoms with Gasteiger partial charge in [0.2, 0.25) is 0 Å². The van der Waals surface area contributed by atoms with Crippen molar-refractivity contribution >= 4 is 0 Å². The van der Waals surface area contributed by atoms with Gasteiger partial charge in [0.1, 0.15) is 5.75 Å². The van der Waals surface area contributed by atoms with Crippen molar-refractivity contribution in [2.75, 3.05) is 7.11 Å². The molecular weight excluding hydrogens is 300 g/mol. The molecule has 3 heteroatoms. The topological polar surface area (TPSA) is 49.7 Å². The van der Waals surface area contributed by atoms with Gasteiger partial charge in [-0.15, -0.1) is 0 Å². The minimum absolute atomic E-state index is 0.0548. The van der Waals surface area contributed by atoms with Crippen molar-refractivity contribution in [3.05, 3.63) is 41.0 Å². The Balaban J connectivity index is 2.84. The van der Waals surface area contributed by atoms with E-state index in [9.17, 15) is 10.2 Å². The monoisotopic (exact) mass is 328 g/mol. The highest BCUT2D eigenvalue weighted by Gasteiger charge is 2.23. The van der Waals surface area contributed by atoms with Gasteiger partial charge >= 0.3 is 0 Å². The molecule has 130 valence electrons. The summed E-state index contributed by atoms with van der Waals surface area (Å²) in [5, 5.41) is 21.4. The van der Waals surface area contributed by atoms with Gasteiger partial charge in [0.15, 0.2) is 11.5 Å². The van der Waals surface area contributed by atoms with Gasteiger partial charge in [-0.25, -0.2) is 0 Å². The van der Waals surface area contributed by atoms with Crippen LogP contribution < -0.4 is 4.74 Å². The van der Waals surface area contributed by atoms with E-state index in [2.05, 4.69) is 40.7 Å². The largest absolute Gasteiger partial charge is 0.507 e. The van der Waals surface area contributed by atoms with Crippen molar-refractivity contribution in [1.29, 1.82) is 0 Å². The van der Waals surface area contributed by atoms with E-state index in [0.717, 1.165) is 16.7 Å². The normalized spacial score (nSPS) is 11.8. The highest BCUT2D eigenvalue weighted by atomic mass is 16.5. The van der Waals surface area contributed by atoms with Crippen molar-refractivity contribution < 1.29 is 14.9 Å². The van der Waals surface area contributed by atoms with Crippen LogP contribution in [0.2, 0.25) is 0 Å². The average Bonchev–Trinajstić information content (AvgIpc) is 2.48. The molecule has 0 amide bonds. The van der Waals surface area contributed by atoms with E-state index in [1.165, 1.54) is 7.11 Å². The molecule has 0 bridgehead atoms. The fraction of sp³-hybridized carbons (Fsp3) is 0.429. The fourth-order valence-electron chi connectivity index (χ4n) is 2.84. The third-order valence-electron chi connectivity index (χ3n) is 4.36. The third kappa shape index (κ3) is 3.35. The number of phenols is 2. The van der Waals surface area contributed by atoms with Crippen LogP contribution in [0.3, 0.4) is 0 Å². The maximum absolute atomic E-state index is 10.8. The van der Waals surface area contributed by atoms with E-state index in [0.29, 0.717) is 16.9 Å². The molecule has 2 aromatic carbocycles. The summed E-state index contributed by atoms with van der Waals surface area (Å²) in [7, 11) is 1.53. The van der Waals surface area contributed by atoms with Crippen LogP contribution in [0.1, 0.15) is 57.2 Å². The fourth-order valence-corrected chi connectivity index (χ4v) is 2.84.